The van der Waals surface area contributed by atoms with Crippen LogP contribution in [0.2, 0.25) is 0 Å². The summed E-state index contributed by atoms with van der Waals surface area (Å²) in [5.74, 6) is 1.11. The Morgan fingerprint density at radius 3 is 2.76 bits per heavy atom. The maximum atomic E-state index is 13.3. The third-order valence-electron chi connectivity index (χ3n) is 4.90. The zero-order chi connectivity index (χ0) is 17.4. The molecule has 134 valence electrons. The molecule has 1 unspecified atom stereocenters. The largest absolute Gasteiger partial charge is 0.381 e. The maximum absolute atomic E-state index is 13.3. The highest BCUT2D eigenvalue weighted by molar-refractivity contribution is 9.10. The monoisotopic (exact) mass is 407 g/mol. The predicted molar refractivity (Wildman–Crippen MR) is 100 cm³/mol. The van der Waals surface area contributed by atoms with Crippen LogP contribution in [-0.2, 0) is 16.0 Å². The lowest BCUT2D eigenvalue weighted by Gasteiger charge is -2.30. The van der Waals surface area contributed by atoms with E-state index < -0.39 is 0 Å². The van der Waals surface area contributed by atoms with Gasteiger partial charge in [-0.15, -0.1) is 0 Å². The van der Waals surface area contributed by atoms with E-state index in [0.29, 0.717) is 37.7 Å². The summed E-state index contributed by atoms with van der Waals surface area (Å²) < 4.78 is 13.7. The van der Waals surface area contributed by atoms with Crippen LogP contribution < -0.4 is 10.5 Å². The number of halogens is 1. The summed E-state index contributed by atoms with van der Waals surface area (Å²) in [6.45, 7) is 6.97. The van der Waals surface area contributed by atoms with E-state index in [-0.39, 0.29) is 5.56 Å². The van der Waals surface area contributed by atoms with Crippen LogP contribution in [0.5, 0.6) is 0 Å². The minimum absolute atomic E-state index is 0.0304. The Bertz CT molecular complexity index is 840. The van der Waals surface area contributed by atoms with Crippen molar-refractivity contribution in [3.63, 3.8) is 0 Å². The molecule has 2 aliphatic rings. The van der Waals surface area contributed by atoms with Crippen molar-refractivity contribution in [2.75, 3.05) is 44.4 Å². The van der Waals surface area contributed by atoms with Crippen molar-refractivity contribution < 1.29 is 9.47 Å². The molecule has 1 aromatic heterocycles. The summed E-state index contributed by atoms with van der Waals surface area (Å²) in [6, 6.07) is 3.94. The first kappa shape index (κ1) is 17.0. The first-order chi connectivity index (χ1) is 12.1. The van der Waals surface area contributed by atoms with E-state index in [0.717, 1.165) is 47.6 Å². The molecule has 25 heavy (non-hydrogen) atoms. The number of fused-ring (bicyclic) bond motifs is 1. The Kier molecular flexibility index (Phi) is 4.80. The number of nitrogens with zero attached hydrogens (tertiary/aromatic N) is 3. The van der Waals surface area contributed by atoms with Gasteiger partial charge in [0.1, 0.15) is 0 Å². The van der Waals surface area contributed by atoms with Gasteiger partial charge in [-0.3, -0.25) is 9.36 Å². The van der Waals surface area contributed by atoms with Crippen molar-refractivity contribution in [3.05, 3.63) is 32.5 Å². The number of aryl methyl sites for hydroxylation is 1. The van der Waals surface area contributed by atoms with E-state index in [4.69, 9.17) is 14.5 Å². The standard InChI is InChI=1S/C18H22BrN3O3/c1-12-8-14-16(15(19)9-12)20-18(21-3-6-24-7-4-21)22(17(14)23)10-13-2-5-25-11-13/h8-9,13H,2-7,10-11H2,1H3. The molecule has 0 amide bonds. The zero-order valence-corrected chi connectivity index (χ0v) is 15.9. The Balaban J connectivity index is 1.87. The maximum Gasteiger partial charge on any atom is 0.262 e. The van der Waals surface area contributed by atoms with Crippen LogP contribution in [0.1, 0.15) is 12.0 Å². The fraction of sp³-hybridized carbons (Fsp3) is 0.556. The molecule has 3 heterocycles. The average molecular weight is 408 g/mol. The number of anilines is 1. The number of ether oxygens (including phenoxy) is 2. The van der Waals surface area contributed by atoms with Gasteiger partial charge in [-0.1, -0.05) is 0 Å². The molecule has 2 saturated heterocycles. The molecule has 0 spiro atoms. The highest BCUT2D eigenvalue weighted by Crippen LogP contribution is 2.26. The van der Waals surface area contributed by atoms with E-state index in [1.807, 2.05) is 23.6 Å². The first-order valence-corrected chi connectivity index (χ1v) is 9.54. The summed E-state index contributed by atoms with van der Waals surface area (Å²) in [5.41, 5.74) is 1.81. The van der Waals surface area contributed by atoms with Crippen LogP contribution in [0, 0.1) is 12.8 Å². The van der Waals surface area contributed by atoms with Crippen molar-refractivity contribution in [3.8, 4) is 0 Å². The Hall–Kier alpha value is -1.44. The summed E-state index contributed by atoms with van der Waals surface area (Å²) >= 11 is 3.58. The van der Waals surface area contributed by atoms with Gasteiger partial charge >= 0.3 is 0 Å². The lowest BCUT2D eigenvalue weighted by atomic mass is 10.1. The topological polar surface area (TPSA) is 56.6 Å². The molecule has 0 saturated carbocycles. The second-order valence-corrected chi connectivity index (χ2v) is 7.65. The molecule has 7 heteroatoms. The van der Waals surface area contributed by atoms with Gasteiger partial charge in [0, 0.05) is 36.6 Å². The fourth-order valence-corrected chi connectivity index (χ4v) is 4.23. The molecule has 2 aliphatic heterocycles. The van der Waals surface area contributed by atoms with Crippen LogP contribution in [0.3, 0.4) is 0 Å². The van der Waals surface area contributed by atoms with Gasteiger partial charge in [-0.25, -0.2) is 4.98 Å². The van der Waals surface area contributed by atoms with Crippen molar-refractivity contribution in [2.45, 2.75) is 19.9 Å². The highest BCUT2D eigenvalue weighted by Gasteiger charge is 2.24. The van der Waals surface area contributed by atoms with Crippen molar-refractivity contribution in [1.82, 2.24) is 9.55 Å². The SMILES string of the molecule is Cc1cc(Br)c2nc(N3CCOCC3)n(CC3CCOC3)c(=O)c2c1. The molecule has 4 rings (SSSR count). The Labute approximate surface area is 154 Å². The minimum atomic E-state index is 0.0304. The molecule has 0 N–H and O–H groups in total. The molecule has 0 bridgehead atoms. The first-order valence-electron chi connectivity index (χ1n) is 8.74. The highest BCUT2D eigenvalue weighted by atomic mass is 79.9. The predicted octanol–water partition coefficient (Wildman–Crippen LogP) is 2.34. The van der Waals surface area contributed by atoms with Gasteiger partial charge in [0.2, 0.25) is 5.95 Å². The van der Waals surface area contributed by atoms with Crippen molar-refractivity contribution in [1.29, 1.82) is 0 Å². The molecule has 1 atom stereocenters. The molecule has 1 aromatic carbocycles. The number of morpholine rings is 1. The number of benzene rings is 1. The quantitative estimate of drug-likeness (QED) is 0.781. The van der Waals surface area contributed by atoms with Gasteiger partial charge in [-0.05, 0) is 47.0 Å². The molecular formula is C18H22BrN3O3. The molecule has 2 aromatic rings. The summed E-state index contributed by atoms with van der Waals surface area (Å²) in [7, 11) is 0. The number of hydrogen-bond donors (Lipinski definition) is 0. The third-order valence-corrected chi connectivity index (χ3v) is 5.50. The molecule has 2 fully saturated rings. The molecule has 0 aliphatic carbocycles. The molecule has 6 nitrogen and oxygen atoms in total. The lowest BCUT2D eigenvalue weighted by Crippen LogP contribution is -2.41. The third kappa shape index (κ3) is 3.32. The Morgan fingerprint density at radius 1 is 1.24 bits per heavy atom. The fourth-order valence-electron chi connectivity index (χ4n) is 3.56. The van der Waals surface area contributed by atoms with Crippen LogP contribution >= 0.6 is 15.9 Å². The van der Waals surface area contributed by atoms with Gasteiger partial charge in [-0.2, -0.15) is 0 Å². The van der Waals surface area contributed by atoms with Gasteiger partial charge < -0.3 is 14.4 Å². The summed E-state index contributed by atoms with van der Waals surface area (Å²) in [6.07, 6.45) is 0.991. The molecule has 0 radical (unpaired) electrons. The molecular weight excluding hydrogens is 386 g/mol. The smallest absolute Gasteiger partial charge is 0.262 e. The average Bonchev–Trinajstić information content (AvgIpc) is 3.12. The number of aromatic nitrogens is 2. The van der Waals surface area contributed by atoms with E-state index in [2.05, 4.69) is 20.8 Å². The van der Waals surface area contributed by atoms with Gasteiger partial charge in [0.15, 0.2) is 0 Å². The van der Waals surface area contributed by atoms with Gasteiger partial charge in [0.05, 0.1) is 30.7 Å². The minimum Gasteiger partial charge on any atom is -0.381 e. The van der Waals surface area contributed by atoms with Gasteiger partial charge in [0.25, 0.3) is 5.56 Å². The van der Waals surface area contributed by atoms with Crippen molar-refractivity contribution in [2.24, 2.45) is 5.92 Å². The van der Waals surface area contributed by atoms with Crippen LogP contribution in [0.25, 0.3) is 10.9 Å². The normalized spacial score (nSPS) is 21.2. The lowest BCUT2D eigenvalue weighted by molar-refractivity contribution is 0.121. The van der Waals surface area contributed by atoms with E-state index in [1.165, 1.54) is 0 Å². The summed E-state index contributed by atoms with van der Waals surface area (Å²) in [4.78, 5) is 20.3. The van der Waals surface area contributed by atoms with Crippen molar-refractivity contribution >= 4 is 32.8 Å². The second kappa shape index (κ2) is 7.05. The Morgan fingerprint density at radius 2 is 2.04 bits per heavy atom. The van der Waals surface area contributed by atoms with Crippen LogP contribution in [0.15, 0.2) is 21.4 Å². The van der Waals surface area contributed by atoms with E-state index >= 15 is 0 Å². The van der Waals surface area contributed by atoms with E-state index in [9.17, 15) is 4.79 Å². The van der Waals surface area contributed by atoms with E-state index in [1.54, 1.807) is 0 Å². The number of rotatable bonds is 3. The number of hydrogen-bond acceptors (Lipinski definition) is 5. The second-order valence-electron chi connectivity index (χ2n) is 6.80. The zero-order valence-electron chi connectivity index (χ0n) is 14.3. The van der Waals surface area contributed by atoms with Crippen LogP contribution in [0.4, 0.5) is 5.95 Å². The van der Waals surface area contributed by atoms with Crippen LogP contribution in [-0.4, -0.2) is 49.1 Å². The summed E-state index contributed by atoms with van der Waals surface area (Å²) in [5, 5.41) is 0.669.